The third kappa shape index (κ3) is 4.65. The molecule has 29 heavy (non-hydrogen) atoms. The van der Waals surface area contributed by atoms with Gasteiger partial charge in [0, 0.05) is 57.2 Å². The average molecular weight is 391 g/mol. The first-order valence-corrected chi connectivity index (χ1v) is 9.95. The van der Waals surface area contributed by atoms with Gasteiger partial charge in [0.15, 0.2) is 0 Å². The predicted octanol–water partition coefficient (Wildman–Crippen LogP) is 3.89. The quantitative estimate of drug-likeness (QED) is 0.659. The van der Waals surface area contributed by atoms with Gasteiger partial charge in [0.1, 0.15) is 11.6 Å². The zero-order valence-corrected chi connectivity index (χ0v) is 16.9. The molecular weight excluding hydrogens is 365 g/mol. The minimum Gasteiger partial charge on any atom is -0.368 e. The first-order chi connectivity index (χ1) is 14.1. The van der Waals surface area contributed by atoms with Gasteiger partial charge in [-0.1, -0.05) is 30.3 Å². The fraction of sp³-hybridized carbons (Fsp3) is 0.304. The highest BCUT2D eigenvalue weighted by Crippen LogP contribution is 2.22. The molecule has 3 aromatic rings. The Bertz CT molecular complexity index is 937. The SMILES string of the molecule is Cc1cc(N(C)Cc2ccccc2)nc(N2CCN(c3ccc(F)cc3)CC2)n1. The number of anilines is 3. The molecule has 0 N–H and O–H groups in total. The first kappa shape index (κ1) is 19.2. The molecule has 6 heteroatoms. The van der Waals surface area contributed by atoms with Crippen LogP contribution in [0.2, 0.25) is 0 Å². The number of hydrogen-bond acceptors (Lipinski definition) is 5. The van der Waals surface area contributed by atoms with E-state index in [-0.39, 0.29) is 5.82 Å². The summed E-state index contributed by atoms with van der Waals surface area (Å²) in [5.74, 6) is 1.50. The standard InChI is InChI=1S/C23H26FN5/c1-18-16-22(27(2)17-19-6-4-3-5-7-19)26-23(25-18)29-14-12-28(13-15-29)21-10-8-20(24)9-11-21/h3-11,16H,12-15,17H2,1-2H3. The van der Waals surface area contributed by atoms with Crippen LogP contribution in [0.3, 0.4) is 0 Å². The molecule has 0 spiro atoms. The van der Waals surface area contributed by atoms with Crippen molar-refractivity contribution in [2.75, 3.05) is 47.9 Å². The summed E-state index contributed by atoms with van der Waals surface area (Å²) in [5.41, 5.74) is 3.27. The summed E-state index contributed by atoms with van der Waals surface area (Å²) in [6, 6.07) is 19.1. The Morgan fingerprint density at radius 3 is 2.24 bits per heavy atom. The Labute approximate surface area is 171 Å². The summed E-state index contributed by atoms with van der Waals surface area (Å²) in [7, 11) is 2.06. The summed E-state index contributed by atoms with van der Waals surface area (Å²) >= 11 is 0. The monoisotopic (exact) mass is 391 g/mol. The Morgan fingerprint density at radius 2 is 1.55 bits per heavy atom. The maximum absolute atomic E-state index is 13.2. The van der Waals surface area contributed by atoms with Gasteiger partial charge < -0.3 is 14.7 Å². The summed E-state index contributed by atoms with van der Waals surface area (Å²) < 4.78 is 13.2. The number of piperazine rings is 1. The van der Waals surface area contributed by atoms with E-state index >= 15 is 0 Å². The van der Waals surface area contributed by atoms with Gasteiger partial charge in [0.25, 0.3) is 0 Å². The predicted molar refractivity (Wildman–Crippen MR) is 116 cm³/mol. The molecule has 150 valence electrons. The van der Waals surface area contributed by atoms with Crippen LogP contribution in [-0.4, -0.2) is 43.2 Å². The maximum atomic E-state index is 13.2. The molecule has 0 radical (unpaired) electrons. The van der Waals surface area contributed by atoms with Crippen LogP contribution < -0.4 is 14.7 Å². The smallest absolute Gasteiger partial charge is 0.227 e. The molecule has 0 bridgehead atoms. The van der Waals surface area contributed by atoms with E-state index in [0.29, 0.717) is 0 Å². The third-order valence-corrected chi connectivity index (χ3v) is 5.24. The van der Waals surface area contributed by atoms with Crippen molar-refractivity contribution in [1.29, 1.82) is 0 Å². The molecule has 0 unspecified atom stereocenters. The Hall–Kier alpha value is -3.15. The van der Waals surface area contributed by atoms with E-state index in [9.17, 15) is 4.39 Å². The molecule has 0 saturated carbocycles. The number of aryl methyl sites for hydroxylation is 1. The molecule has 1 aromatic heterocycles. The molecule has 4 rings (SSSR count). The Kier molecular flexibility index (Phi) is 5.60. The van der Waals surface area contributed by atoms with E-state index in [4.69, 9.17) is 4.98 Å². The highest BCUT2D eigenvalue weighted by molar-refractivity contribution is 5.50. The van der Waals surface area contributed by atoms with Crippen molar-refractivity contribution in [1.82, 2.24) is 9.97 Å². The third-order valence-electron chi connectivity index (χ3n) is 5.24. The van der Waals surface area contributed by atoms with Crippen molar-refractivity contribution in [3.63, 3.8) is 0 Å². The van der Waals surface area contributed by atoms with Gasteiger partial charge in [0.2, 0.25) is 5.95 Å². The Balaban J connectivity index is 1.44. The average Bonchev–Trinajstić information content (AvgIpc) is 2.75. The second-order valence-electron chi connectivity index (χ2n) is 7.46. The van der Waals surface area contributed by atoms with Crippen LogP contribution >= 0.6 is 0 Å². The molecular formula is C23H26FN5. The normalized spacial score (nSPS) is 14.2. The zero-order chi connectivity index (χ0) is 20.2. The summed E-state index contributed by atoms with van der Waals surface area (Å²) in [6.45, 7) is 6.20. The molecule has 0 aliphatic carbocycles. The largest absolute Gasteiger partial charge is 0.368 e. The molecule has 1 aliphatic rings. The lowest BCUT2D eigenvalue weighted by Crippen LogP contribution is -2.47. The molecule has 2 aromatic carbocycles. The Morgan fingerprint density at radius 1 is 0.897 bits per heavy atom. The van der Waals surface area contributed by atoms with Crippen LogP contribution in [0.25, 0.3) is 0 Å². The fourth-order valence-corrected chi connectivity index (χ4v) is 3.63. The molecule has 1 saturated heterocycles. The minimum atomic E-state index is -0.201. The van der Waals surface area contributed by atoms with Crippen molar-refractivity contribution in [3.8, 4) is 0 Å². The summed E-state index contributed by atoms with van der Waals surface area (Å²) in [6.07, 6.45) is 0. The van der Waals surface area contributed by atoms with Crippen LogP contribution in [0.4, 0.5) is 21.8 Å². The zero-order valence-electron chi connectivity index (χ0n) is 16.9. The lowest BCUT2D eigenvalue weighted by atomic mass is 10.2. The second kappa shape index (κ2) is 8.47. The number of halogens is 1. The van der Waals surface area contributed by atoms with Gasteiger partial charge in [0.05, 0.1) is 0 Å². The van der Waals surface area contributed by atoms with Gasteiger partial charge in [-0.3, -0.25) is 0 Å². The highest BCUT2D eigenvalue weighted by atomic mass is 19.1. The van der Waals surface area contributed by atoms with Gasteiger partial charge in [-0.2, -0.15) is 4.98 Å². The van der Waals surface area contributed by atoms with Crippen molar-refractivity contribution in [2.45, 2.75) is 13.5 Å². The summed E-state index contributed by atoms with van der Waals surface area (Å²) in [5, 5.41) is 0. The molecule has 1 aliphatic heterocycles. The topological polar surface area (TPSA) is 35.5 Å². The lowest BCUT2D eigenvalue weighted by Gasteiger charge is -2.36. The number of aromatic nitrogens is 2. The fourth-order valence-electron chi connectivity index (χ4n) is 3.63. The van der Waals surface area contributed by atoms with Gasteiger partial charge >= 0.3 is 0 Å². The maximum Gasteiger partial charge on any atom is 0.227 e. The number of benzene rings is 2. The summed E-state index contributed by atoms with van der Waals surface area (Å²) in [4.78, 5) is 16.2. The van der Waals surface area contributed by atoms with E-state index in [0.717, 1.165) is 55.9 Å². The number of rotatable bonds is 5. The van der Waals surface area contributed by atoms with E-state index < -0.39 is 0 Å². The van der Waals surface area contributed by atoms with Crippen LogP contribution in [0.15, 0.2) is 60.7 Å². The van der Waals surface area contributed by atoms with E-state index in [1.54, 1.807) is 0 Å². The molecule has 2 heterocycles. The van der Waals surface area contributed by atoms with Gasteiger partial charge in [-0.25, -0.2) is 9.37 Å². The van der Waals surface area contributed by atoms with Crippen LogP contribution in [0, 0.1) is 12.7 Å². The lowest BCUT2D eigenvalue weighted by molar-refractivity contribution is 0.622. The van der Waals surface area contributed by atoms with Crippen molar-refractivity contribution < 1.29 is 4.39 Å². The first-order valence-electron chi connectivity index (χ1n) is 9.95. The molecule has 5 nitrogen and oxygen atoms in total. The highest BCUT2D eigenvalue weighted by Gasteiger charge is 2.20. The van der Waals surface area contributed by atoms with Crippen LogP contribution in [0.5, 0.6) is 0 Å². The van der Waals surface area contributed by atoms with Crippen molar-refractivity contribution >= 4 is 17.5 Å². The van der Waals surface area contributed by atoms with Crippen molar-refractivity contribution in [3.05, 3.63) is 77.7 Å². The minimum absolute atomic E-state index is 0.201. The van der Waals surface area contributed by atoms with Crippen molar-refractivity contribution in [2.24, 2.45) is 0 Å². The van der Waals surface area contributed by atoms with Crippen LogP contribution in [-0.2, 0) is 6.54 Å². The van der Waals surface area contributed by atoms with E-state index in [1.807, 2.05) is 31.2 Å². The van der Waals surface area contributed by atoms with Gasteiger partial charge in [-0.15, -0.1) is 0 Å². The molecule has 1 fully saturated rings. The molecule has 0 atom stereocenters. The van der Waals surface area contributed by atoms with E-state index in [1.165, 1.54) is 17.7 Å². The second-order valence-corrected chi connectivity index (χ2v) is 7.46. The van der Waals surface area contributed by atoms with Crippen LogP contribution in [0.1, 0.15) is 11.3 Å². The number of hydrogen-bond donors (Lipinski definition) is 0. The van der Waals surface area contributed by atoms with Gasteiger partial charge in [-0.05, 0) is 36.8 Å². The van der Waals surface area contributed by atoms with E-state index in [2.05, 4.69) is 51.0 Å². The molecule has 0 amide bonds. The number of nitrogens with zero attached hydrogens (tertiary/aromatic N) is 5.